The molecule has 10 nitrogen and oxygen atoms in total. The first-order valence-corrected chi connectivity index (χ1v) is 15.4. The molecule has 11 heteroatoms. The summed E-state index contributed by atoms with van der Waals surface area (Å²) in [5, 5.41) is 30.1. The van der Waals surface area contributed by atoms with E-state index in [1.807, 2.05) is 84.4 Å². The van der Waals surface area contributed by atoms with E-state index >= 15 is 0 Å². The molecular weight excluding hydrogens is 580 g/mol. The summed E-state index contributed by atoms with van der Waals surface area (Å²) in [6, 6.07) is 23.8. The van der Waals surface area contributed by atoms with Crippen LogP contribution in [0.1, 0.15) is 54.4 Å². The summed E-state index contributed by atoms with van der Waals surface area (Å²) >= 11 is 1.60. The van der Waals surface area contributed by atoms with E-state index in [-0.39, 0.29) is 43.5 Å². The number of nitrogens with one attached hydrogen (secondary N) is 1. The van der Waals surface area contributed by atoms with Gasteiger partial charge >= 0.3 is 5.97 Å². The zero-order valence-electron chi connectivity index (χ0n) is 24.6. The molecule has 1 aliphatic rings. The molecule has 44 heavy (non-hydrogen) atoms. The molecule has 5 rings (SSSR count). The number of thioether (sulfide) groups is 1. The first-order valence-electron chi connectivity index (χ1n) is 14.5. The maximum atomic E-state index is 11.9. The van der Waals surface area contributed by atoms with Crippen molar-refractivity contribution in [1.29, 1.82) is 0 Å². The number of hydrogen-bond acceptors (Lipinski definition) is 8. The number of hydrogen-bond donors (Lipinski definition) is 3. The number of nitrogens with zero attached hydrogens (tertiary/aromatic N) is 3. The molecule has 1 aliphatic heterocycles. The molecule has 4 aromatic rings. The average molecular weight is 617 g/mol. The van der Waals surface area contributed by atoms with Gasteiger partial charge in [0, 0.05) is 37.2 Å². The number of benzene rings is 3. The van der Waals surface area contributed by atoms with Crippen molar-refractivity contribution in [3.63, 3.8) is 0 Å². The minimum Gasteiger partial charge on any atom is -0.481 e. The van der Waals surface area contributed by atoms with Gasteiger partial charge in [-0.2, -0.15) is 0 Å². The van der Waals surface area contributed by atoms with Crippen LogP contribution in [0.4, 0.5) is 0 Å². The Hall–Kier alpha value is -4.03. The Morgan fingerprint density at radius 3 is 2.39 bits per heavy atom. The lowest BCUT2D eigenvalue weighted by Crippen LogP contribution is -2.38. The zero-order valence-corrected chi connectivity index (χ0v) is 25.4. The predicted octanol–water partition coefficient (Wildman–Crippen LogP) is 5.04. The normalized spacial score (nSPS) is 19.9. The molecule has 4 atom stereocenters. The number of carboxylic acids is 1. The van der Waals surface area contributed by atoms with Crippen molar-refractivity contribution in [2.75, 3.05) is 5.75 Å². The van der Waals surface area contributed by atoms with Crippen LogP contribution in [-0.4, -0.2) is 48.7 Å². The van der Waals surface area contributed by atoms with Gasteiger partial charge in [0.1, 0.15) is 6.33 Å². The molecule has 0 aliphatic carbocycles. The number of carbonyl (C=O) groups excluding carboxylic acids is 1. The van der Waals surface area contributed by atoms with Crippen LogP contribution in [-0.2, 0) is 39.3 Å². The third-order valence-corrected chi connectivity index (χ3v) is 8.79. The molecule has 0 radical (unpaired) electrons. The second-order valence-electron chi connectivity index (χ2n) is 10.9. The number of ether oxygens (including phenoxy) is 2. The van der Waals surface area contributed by atoms with Gasteiger partial charge in [0.25, 0.3) is 0 Å². The summed E-state index contributed by atoms with van der Waals surface area (Å²) in [7, 11) is 1.92. The number of carbonyl (C=O) groups is 2. The number of amides is 1. The average Bonchev–Trinajstić information content (AvgIpc) is 3.46. The van der Waals surface area contributed by atoms with Crippen molar-refractivity contribution in [2.45, 2.75) is 56.6 Å². The van der Waals surface area contributed by atoms with E-state index in [0.29, 0.717) is 12.3 Å². The van der Waals surface area contributed by atoms with Crippen LogP contribution in [0, 0.1) is 5.92 Å². The topological polar surface area (TPSA) is 136 Å². The second kappa shape index (κ2) is 14.6. The van der Waals surface area contributed by atoms with Crippen molar-refractivity contribution in [2.24, 2.45) is 13.0 Å². The summed E-state index contributed by atoms with van der Waals surface area (Å²) in [5.74, 6) is -0.553. The third kappa shape index (κ3) is 7.92. The van der Waals surface area contributed by atoms with Gasteiger partial charge in [0.15, 0.2) is 11.4 Å². The van der Waals surface area contributed by atoms with Crippen molar-refractivity contribution in [1.82, 2.24) is 20.1 Å². The van der Waals surface area contributed by atoms with Gasteiger partial charge in [-0.3, -0.25) is 9.59 Å². The predicted molar refractivity (Wildman–Crippen MR) is 165 cm³/mol. The minimum atomic E-state index is -0.993. The van der Waals surface area contributed by atoms with Crippen molar-refractivity contribution >= 4 is 23.6 Å². The maximum Gasteiger partial charge on any atom is 0.303 e. The van der Waals surface area contributed by atoms with E-state index in [1.54, 1.807) is 18.1 Å². The summed E-state index contributed by atoms with van der Waals surface area (Å²) in [4.78, 5) is 22.7. The van der Waals surface area contributed by atoms with E-state index in [1.165, 1.54) is 0 Å². The highest BCUT2D eigenvalue weighted by molar-refractivity contribution is 7.99. The highest BCUT2D eigenvalue weighted by atomic mass is 32.2. The Morgan fingerprint density at radius 1 is 0.955 bits per heavy atom. The Morgan fingerprint density at radius 2 is 1.70 bits per heavy atom. The molecule has 1 saturated heterocycles. The van der Waals surface area contributed by atoms with Crippen LogP contribution in [0.25, 0.3) is 11.1 Å². The Bertz CT molecular complexity index is 1560. The number of aromatic nitrogens is 3. The highest BCUT2D eigenvalue weighted by Crippen LogP contribution is 2.43. The molecule has 3 N–H and O–H groups in total. The lowest BCUT2D eigenvalue weighted by Gasteiger charge is -2.41. The first kappa shape index (κ1) is 31.4. The molecule has 1 aromatic heterocycles. The summed E-state index contributed by atoms with van der Waals surface area (Å²) in [5.41, 5.74) is 5.68. The monoisotopic (exact) mass is 616 g/mol. The van der Waals surface area contributed by atoms with Gasteiger partial charge in [-0.15, -0.1) is 10.2 Å². The minimum absolute atomic E-state index is 0.0132. The smallest absolute Gasteiger partial charge is 0.303 e. The summed E-state index contributed by atoms with van der Waals surface area (Å²) in [6.45, 7) is 2.44. The number of aliphatic carboxylic acids is 1. The van der Waals surface area contributed by atoms with Gasteiger partial charge in [-0.05, 0) is 33.9 Å². The molecule has 230 valence electrons. The zero-order chi connectivity index (χ0) is 31.1. The van der Waals surface area contributed by atoms with Gasteiger partial charge < -0.3 is 29.6 Å². The van der Waals surface area contributed by atoms with Crippen molar-refractivity contribution < 1.29 is 29.3 Å². The summed E-state index contributed by atoms with van der Waals surface area (Å²) < 4.78 is 15.0. The lowest BCUT2D eigenvalue weighted by molar-refractivity contribution is -0.268. The third-order valence-electron chi connectivity index (χ3n) is 7.67. The maximum absolute atomic E-state index is 11.9. The highest BCUT2D eigenvalue weighted by Gasteiger charge is 2.38. The SMILES string of the molecule is C[C@@H]1[C@H](CSc2nncn2C)O[C@H](c2ccc(-c3cccc(CNC(=O)CCC(=O)O)c3)cc2)O[C@@H]1c1ccc(CO)cc1. The molecule has 1 amide bonds. The number of aliphatic hydroxyl groups is 1. The fourth-order valence-corrected chi connectivity index (χ4v) is 6.12. The van der Waals surface area contributed by atoms with E-state index in [4.69, 9.17) is 14.6 Å². The summed E-state index contributed by atoms with van der Waals surface area (Å²) in [6.07, 6.45) is 0.521. The van der Waals surface area contributed by atoms with Crippen LogP contribution in [0.3, 0.4) is 0 Å². The van der Waals surface area contributed by atoms with Crippen LogP contribution < -0.4 is 5.32 Å². The van der Waals surface area contributed by atoms with Crippen molar-refractivity contribution in [3.8, 4) is 11.1 Å². The van der Waals surface area contributed by atoms with Gasteiger partial charge in [-0.1, -0.05) is 85.4 Å². The fraction of sp³-hybridized carbons (Fsp3) is 0.333. The molecule has 0 unspecified atom stereocenters. The van der Waals surface area contributed by atoms with Crippen LogP contribution in [0.5, 0.6) is 0 Å². The first-order chi connectivity index (χ1) is 21.3. The molecule has 0 bridgehead atoms. The van der Waals surface area contributed by atoms with Gasteiger partial charge in [0.2, 0.25) is 5.91 Å². The number of rotatable bonds is 12. The molecule has 0 saturated carbocycles. The Kier molecular flexibility index (Phi) is 10.4. The largest absolute Gasteiger partial charge is 0.481 e. The molecule has 2 heterocycles. The second-order valence-corrected chi connectivity index (χ2v) is 11.8. The standard InChI is InChI=1S/C33H36N4O6S/c1-21-28(19-44-33-36-35-20-37(33)2)42-32(43-31(21)25-8-6-22(18-38)7-9-25)26-12-10-24(11-13-26)27-5-3-4-23(16-27)17-34-29(39)14-15-30(40)41/h3-13,16,20-21,28,31-32,38H,14-15,17-19H2,1-2H3,(H,34,39)(H,40,41)/t21-,28+,31+,32+/m1/s1. The quantitative estimate of drug-likeness (QED) is 0.187. The number of aryl methyl sites for hydroxylation is 1. The fourth-order valence-electron chi connectivity index (χ4n) is 5.07. The van der Waals surface area contributed by atoms with Crippen LogP contribution in [0.2, 0.25) is 0 Å². The molecular formula is C33H36N4O6S. The van der Waals surface area contributed by atoms with E-state index < -0.39 is 12.3 Å². The number of aliphatic hydroxyl groups excluding tert-OH is 1. The molecule has 0 spiro atoms. The molecule has 3 aromatic carbocycles. The van der Waals surface area contributed by atoms with Crippen molar-refractivity contribution in [3.05, 3.63) is 101 Å². The van der Waals surface area contributed by atoms with E-state index in [2.05, 4.69) is 22.4 Å². The van der Waals surface area contributed by atoms with E-state index in [0.717, 1.165) is 38.5 Å². The van der Waals surface area contributed by atoms with Crippen LogP contribution >= 0.6 is 11.8 Å². The Balaban J connectivity index is 1.31. The lowest BCUT2D eigenvalue weighted by atomic mass is 9.91. The van der Waals surface area contributed by atoms with Crippen LogP contribution in [0.15, 0.2) is 84.3 Å². The van der Waals surface area contributed by atoms with E-state index in [9.17, 15) is 14.7 Å². The van der Waals surface area contributed by atoms with Gasteiger partial charge in [-0.25, -0.2) is 0 Å². The molecule has 1 fully saturated rings. The number of carboxylic acid groups (broad SMARTS) is 1. The Labute approximate surface area is 260 Å². The van der Waals surface area contributed by atoms with Gasteiger partial charge in [0.05, 0.1) is 25.2 Å².